The Bertz CT molecular complexity index is 546. The third-order valence-corrected chi connectivity index (χ3v) is 10.1. The fourth-order valence-corrected chi connectivity index (χ4v) is 8.85. The van der Waals surface area contributed by atoms with Crippen LogP contribution in [0.4, 0.5) is 0 Å². The van der Waals surface area contributed by atoms with Crippen molar-refractivity contribution in [1.82, 2.24) is 0 Å². The minimum absolute atomic E-state index is 0.133. The van der Waals surface area contributed by atoms with Gasteiger partial charge in [-0.05, 0) is 117 Å². The SMILES string of the molecule is CC(CO)(CCO)[C@H]1CC[C@H]2[C@@H]3CC[C@@H]4C[C@](C)(O)CC[C@@H]4[C@H]3CC[C@]12C. The third kappa shape index (κ3) is 3.20. The molecule has 0 aromatic rings. The summed E-state index contributed by atoms with van der Waals surface area (Å²) in [6, 6.07) is 0. The van der Waals surface area contributed by atoms with Gasteiger partial charge in [0.1, 0.15) is 0 Å². The summed E-state index contributed by atoms with van der Waals surface area (Å²) in [5.74, 6) is 4.65. The molecule has 27 heavy (non-hydrogen) atoms. The van der Waals surface area contributed by atoms with Gasteiger partial charge in [0, 0.05) is 13.2 Å². The summed E-state index contributed by atoms with van der Waals surface area (Å²) in [5.41, 5.74) is -0.227. The first kappa shape index (κ1) is 20.2. The maximum Gasteiger partial charge on any atom is 0.0622 e. The number of fused-ring (bicyclic) bond motifs is 5. The summed E-state index contributed by atoms with van der Waals surface area (Å²) in [6.07, 6.45) is 11.8. The quantitative estimate of drug-likeness (QED) is 0.680. The van der Waals surface area contributed by atoms with Crippen LogP contribution in [0.1, 0.15) is 85.0 Å². The molecule has 0 saturated heterocycles. The van der Waals surface area contributed by atoms with Gasteiger partial charge in [0.2, 0.25) is 0 Å². The Morgan fingerprint density at radius 3 is 2.33 bits per heavy atom. The minimum atomic E-state index is -0.428. The van der Waals surface area contributed by atoms with E-state index in [9.17, 15) is 15.3 Å². The Morgan fingerprint density at radius 1 is 0.889 bits per heavy atom. The predicted molar refractivity (Wildman–Crippen MR) is 108 cm³/mol. The van der Waals surface area contributed by atoms with Crippen molar-refractivity contribution >= 4 is 0 Å². The lowest BCUT2D eigenvalue weighted by atomic mass is 9.47. The van der Waals surface area contributed by atoms with Gasteiger partial charge in [0.05, 0.1) is 5.60 Å². The molecule has 1 unspecified atom stereocenters. The van der Waals surface area contributed by atoms with Gasteiger partial charge in [-0.3, -0.25) is 0 Å². The van der Waals surface area contributed by atoms with Crippen LogP contribution in [0.5, 0.6) is 0 Å². The zero-order chi connectivity index (χ0) is 19.4. The maximum atomic E-state index is 10.6. The van der Waals surface area contributed by atoms with Crippen molar-refractivity contribution in [2.45, 2.75) is 90.6 Å². The first-order valence-electron chi connectivity index (χ1n) is 11.7. The molecule has 9 atom stereocenters. The second kappa shape index (κ2) is 6.99. The van der Waals surface area contributed by atoms with E-state index >= 15 is 0 Å². The van der Waals surface area contributed by atoms with Crippen molar-refractivity contribution in [1.29, 1.82) is 0 Å². The summed E-state index contributed by atoms with van der Waals surface area (Å²) in [4.78, 5) is 0. The molecule has 3 nitrogen and oxygen atoms in total. The molecule has 0 aromatic carbocycles. The summed E-state index contributed by atoms with van der Waals surface area (Å²) >= 11 is 0. The first-order chi connectivity index (χ1) is 12.7. The van der Waals surface area contributed by atoms with E-state index in [0.29, 0.717) is 11.3 Å². The lowest BCUT2D eigenvalue weighted by molar-refractivity contribution is -0.113. The fraction of sp³-hybridized carbons (Fsp3) is 1.00. The van der Waals surface area contributed by atoms with Crippen LogP contribution in [0.2, 0.25) is 0 Å². The minimum Gasteiger partial charge on any atom is -0.396 e. The Kier molecular flexibility index (Phi) is 5.22. The average molecular weight is 379 g/mol. The van der Waals surface area contributed by atoms with Crippen molar-refractivity contribution < 1.29 is 15.3 Å². The number of aliphatic hydroxyl groups excluding tert-OH is 2. The van der Waals surface area contributed by atoms with Crippen molar-refractivity contribution in [2.75, 3.05) is 13.2 Å². The van der Waals surface area contributed by atoms with E-state index in [-0.39, 0.29) is 18.6 Å². The van der Waals surface area contributed by atoms with Gasteiger partial charge in [0.15, 0.2) is 0 Å². The third-order valence-electron chi connectivity index (χ3n) is 10.1. The molecule has 0 bridgehead atoms. The van der Waals surface area contributed by atoms with Gasteiger partial charge in [-0.1, -0.05) is 13.8 Å². The van der Waals surface area contributed by atoms with Crippen LogP contribution < -0.4 is 0 Å². The van der Waals surface area contributed by atoms with Gasteiger partial charge in [-0.2, -0.15) is 0 Å². The molecular weight excluding hydrogens is 336 g/mol. The van der Waals surface area contributed by atoms with Crippen LogP contribution in [0.3, 0.4) is 0 Å². The number of aliphatic hydroxyl groups is 3. The molecule has 0 amide bonds. The van der Waals surface area contributed by atoms with Gasteiger partial charge >= 0.3 is 0 Å². The van der Waals surface area contributed by atoms with E-state index in [0.717, 1.165) is 48.9 Å². The highest BCUT2D eigenvalue weighted by atomic mass is 16.3. The molecule has 0 aromatic heterocycles. The molecule has 4 saturated carbocycles. The summed E-state index contributed by atoms with van der Waals surface area (Å²) < 4.78 is 0. The molecule has 4 aliphatic rings. The lowest BCUT2D eigenvalue weighted by Gasteiger charge is -2.58. The van der Waals surface area contributed by atoms with E-state index in [2.05, 4.69) is 13.8 Å². The zero-order valence-electron chi connectivity index (χ0n) is 17.8. The van der Waals surface area contributed by atoms with Gasteiger partial charge in [0.25, 0.3) is 0 Å². The van der Waals surface area contributed by atoms with E-state index in [4.69, 9.17) is 0 Å². The van der Waals surface area contributed by atoms with Crippen LogP contribution in [0.25, 0.3) is 0 Å². The molecule has 0 heterocycles. The Labute approximate surface area is 165 Å². The second-order valence-electron chi connectivity index (χ2n) is 11.6. The van der Waals surface area contributed by atoms with Gasteiger partial charge in [-0.15, -0.1) is 0 Å². The van der Waals surface area contributed by atoms with E-state index < -0.39 is 5.60 Å². The zero-order valence-corrected chi connectivity index (χ0v) is 17.8. The molecular formula is C24H42O3. The van der Waals surface area contributed by atoms with Gasteiger partial charge in [-0.25, -0.2) is 0 Å². The highest BCUT2D eigenvalue weighted by molar-refractivity contribution is 5.09. The molecule has 156 valence electrons. The van der Waals surface area contributed by atoms with Crippen LogP contribution in [-0.2, 0) is 0 Å². The van der Waals surface area contributed by atoms with E-state index in [1.54, 1.807) is 0 Å². The van der Waals surface area contributed by atoms with Gasteiger partial charge < -0.3 is 15.3 Å². The normalized spacial score (nSPS) is 51.8. The van der Waals surface area contributed by atoms with Crippen molar-refractivity contribution in [3.05, 3.63) is 0 Å². The van der Waals surface area contributed by atoms with Crippen LogP contribution in [-0.4, -0.2) is 34.1 Å². The topological polar surface area (TPSA) is 60.7 Å². The monoisotopic (exact) mass is 378 g/mol. The molecule has 0 spiro atoms. The fourth-order valence-electron chi connectivity index (χ4n) is 8.85. The summed E-state index contributed by atoms with van der Waals surface area (Å²) in [7, 11) is 0. The number of hydrogen-bond donors (Lipinski definition) is 3. The highest BCUT2D eigenvalue weighted by Gasteiger charge is 2.60. The molecule has 4 aliphatic carbocycles. The number of rotatable bonds is 4. The van der Waals surface area contributed by atoms with Crippen molar-refractivity contribution in [3.63, 3.8) is 0 Å². The predicted octanol–water partition coefficient (Wildman–Crippen LogP) is 4.39. The Hall–Kier alpha value is -0.120. The molecule has 3 heteroatoms. The Morgan fingerprint density at radius 2 is 1.63 bits per heavy atom. The maximum absolute atomic E-state index is 10.6. The first-order valence-corrected chi connectivity index (χ1v) is 11.7. The smallest absolute Gasteiger partial charge is 0.0622 e. The number of hydrogen-bond acceptors (Lipinski definition) is 3. The highest BCUT2D eigenvalue weighted by Crippen LogP contribution is 2.67. The standard InChI is InChI=1S/C24H42O3/c1-22(15-26,12-13-25)21-7-6-20-19-5-4-16-14-23(2,27)10-8-17(16)18(19)9-11-24(20,21)3/h16-21,25-27H,4-15H2,1-3H3/t16-,17+,18-,19-,20+,21-,22?,23-,24+/m1/s1. The lowest BCUT2D eigenvalue weighted by Crippen LogP contribution is -2.52. The van der Waals surface area contributed by atoms with Crippen molar-refractivity contribution in [3.8, 4) is 0 Å². The van der Waals surface area contributed by atoms with E-state index in [1.807, 2.05) is 6.92 Å². The van der Waals surface area contributed by atoms with Crippen molar-refractivity contribution in [2.24, 2.45) is 46.3 Å². The van der Waals surface area contributed by atoms with Crippen LogP contribution in [0, 0.1) is 46.3 Å². The molecule has 0 aliphatic heterocycles. The van der Waals surface area contributed by atoms with Crippen LogP contribution >= 0.6 is 0 Å². The largest absolute Gasteiger partial charge is 0.396 e. The van der Waals surface area contributed by atoms with Crippen LogP contribution in [0.15, 0.2) is 0 Å². The summed E-state index contributed by atoms with van der Waals surface area (Å²) in [5, 5.41) is 30.3. The molecule has 0 radical (unpaired) electrons. The molecule has 3 N–H and O–H groups in total. The Balaban J connectivity index is 1.54. The second-order valence-corrected chi connectivity index (χ2v) is 11.6. The summed E-state index contributed by atoms with van der Waals surface area (Å²) in [6.45, 7) is 7.17. The van der Waals surface area contributed by atoms with E-state index in [1.165, 1.54) is 44.9 Å². The average Bonchev–Trinajstić information content (AvgIpc) is 2.98. The molecule has 4 rings (SSSR count). The molecule has 4 fully saturated rings.